The Kier molecular flexibility index (Phi) is 5.33. The van der Waals surface area contributed by atoms with Gasteiger partial charge < -0.3 is 10.1 Å². The summed E-state index contributed by atoms with van der Waals surface area (Å²) in [5.74, 6) is -0.585. The van der Waals surface area contributed by atoms with Gasteiger partial charge in [0.1, 0.15) is 5.82 Å². The fourth-order valence-electron chi connectivity index (χ4n) is 1.95. The van der Waals surface area contributed by atoms with Crippen molar-refractivity contribution in [3.63, 3.8) is 0 Å². The highest BCUT2D eigenvalue weighted by atomic mass is 79.9. The van der Waals surface area contributed by atoms with Gasteiger partial charge in [-0.15, -0.1) is 0 Å². The van der Waals surface area contributed by atoms with E-state index in [0.717, 1.165) is 15.6 Å². The van der Waals surface area contributed by atoms with E-state index in [0.29, 0.717) is 12.2 Å². The highest BCUT2D eigenvalue weighted by molar-refractivity contribution is 9.10. The van der Waals surface area contributed by atoms with Gasteiger partial charge in [0.15, 0.2) is 0 Å². The van der Waals surface area contributed by atoms with E-state index in [4.69, 9.17) is 4.74 Å². The van der Waals surface area contributed by atoms with Crippen molar-refractivity contribution in [3.8, 4) is 0 Å². The molecule has 0 saturated carbocycles. The summed E-state index contributed by atoms with van der Waals surface area (Å²) in [5.41, 5.74) is 2.53. The predicted octanol–water partition coefficient (Wildman–Crippen LogP) is 3.92. The lowest BCUT2D eigenvalue weighted by molar-refractivity contribution is -0.139. The number of halogens is 2. The largest absolute Gasteiger partial charge is 0.469 e. The van der Waals surface area contributed by atoms with E-state index in [1.165, 1.54) is 19.2 Å². The summed E-state index contributed by atoms with van der Waals surface area (Å²) < 4.78 is 18.7. The first-order chi connectivity index (χ1) is 10.1. The highest BCUT2D eigenvalue weighted by Gasteiger charge is 2.08. The molecule has 0 radical (unpaired) electrons. The third-order valence-corrected chi connectivity index (χ3v) is 3.77. The van der Waals surface area contributed by atoms with Gasteiger partial charge in [-0.3, -0.25) is 4.79 Å². The summed E-state index contributed by atoms with van der Waals surface area (Å²) in [7, 11) is 1.37. The zero-order chi connectivity index (χ0) is 15.2. The van der Waals surface area contributed by atoms with Crippen LogP contribution in [0.15, 0.2) is 46.9 Å². The number of esters is 1. The number of benzene rings is 2. The quantitative estimate of drug-likeness (QED) is 0.829. The van der Waals surface area contributed by atoms with Gasteiger partial charge in [-0.25, -0.2) is 4.39 Å². The molecule has 5 heteroatoms. The van der Waals surface area contributed by atoms with Gasteiger partial charge in [-0.1, -0.05) is 24.3 Å². The van der Waals surface area contributed by atoms with Crippen LogP contribution in [-0.2, 0) is 22.5 Å². The number of carbonyl (C=O) groups excluding carboxylic acids is 1. The van der Waals surface area contributed by atoms with Crippen LogP contribution in [0.25, 0.3) is 0 Å². The number of ether oxygens (including phenoxy) is 1. The van der Waals surface area contributed by atoms with Crippen molar-refractivity contribution in [2.45, 2.75) is 13.0 Å². The molecule has 0 spiro atoms. The molecule has 1 N–H and O–H groups in total. The standard InChI is InChI=1S/C16H15BrFNO2/c1-21-16(20)8-11-4-2-3-5-12(11)10-19-15-9-13(18)6-7-14(15)17/h2-7,9,19H,8,10H2,1H3. The molecule has 2 rings (SSSR count). The molecule has 0 unspecified atom stereocenters. The summed E-state index contributed by atoms with van der Waals surface area (Å²) in [4.78, 5) is 11.4. The summed E-state index contributed by atoms with van der Waals surface area (Å²) in [5, 5.41) is 3.16. The van der Waals surface area contributed by atoms with E-state index in [-0.39, 0.29) is 18.2 Å². The Morgan fingerprint density at radius 2 is 1.95 bits per heavy atom. The van der Waals surface area contributed by atoms with Crippen LogP contribution in [0.4, 0.5) is 10.1 Å². The Balaban J connectivity index is 2.13. The van der Waals surface area contributed by atoms with Gasteiger partial charge in [0.05, 0.1) is 19.2 Å². The van der Waals surface area contributed by atoms with Crippen LogP contribution in [0.2, 0.25) is 0 Å². The van der Waals surface area contributed by atoms with Crippen LogP contribution in [0.1, 0.15) is 11.1 Å². The number of carbonyl (C=O) groups is 1. The first kappa shape index (κ1) is 15.5. The van der Waals surface area contributed by atoms with Crippen LogP contribution in [0.5, 0.6) is 0 Å². The first-order valence-electron chi connectivity index (χ1n) is 6.42. The van der Waals surface area contributed by atoms with Crippen molar-refractivity contribution in [1.29, 1.82) is 0 Å². The van der Waals surface area contributed by atoms with E-state index in [1.54, 1.807) is 6.07 Å². The monoisotopic (exact) mass is 351 g/mol. The first-order valence-corrected chi connectivity index (χ1v) is 7.22. The van der Waals surface area contributed by atoms with Gasteiger partial charge >= 0.3 is 5.97 Å². The zero-order valence-corrected chi connectivity index (χ0v) is 13.1. The molecule has 3 nitrogen and oxygen atoms in total. The molecule has 21 heavy (non-hydrogen) atoms. The van der Waals surface area contributed by atoms with E-state index in [2.05, 4.69) is 21.2 Å². The number of hydrogen-bond donors (Lipinski definition) is 1. The number of methoxy groups -OCH3 is 1. The van der Waals surface area contributed by atoms with Crippen molar-refractivity contribution in [2.75, 3.05) is 12.4 Å². The van der Waals surface area contributed by atoms with E-state index >= 15 is 0 Å². The number of nitrogens with one attached hydrogen (secondary N) is 1. The molecule has 0 amide bonds. The molecule has 0 aliphatic rings. The molecule has 0 aromatic heterocycles. The second-order valence-corrected chi connectivity index (χ2v) is 5.35. The van der Waals surface area contributed by atoms with Gasteiger partial charge in [-0.2, -0.15) is 0 Å². The Labute approximate surface area is 131 Å². The van der Waals surface area contributed by atoms with Gasteiger partial charge in [0, 0.05) is 11.0 Å². The third-order valence-electron chi connectivity index (χ3n) is 3.08. The van der Waals surface area contributed by atoms with Crippen molar-refractivity contribution in [3.05, 3.63) is 63.9 Å². The third kappa shape index (κ3) is 4.29. The van der Waals surface area contributed by atoms with Crippen LogP contribution >= 0.6 is 15.9 Å². The second kappa shape index (κ2) is 7.22. The molecule has 0 atom stereocenters. The lowest BCUT2D eigenvalue weighted by Gasteiger charge is -2.12. The fraction of sp³-hybridized carbons (Fsp3) is 0.188. The van der Waals surface area contributed by atoms with Crippen molar-refractivity contribution in [2.24, 2.45) is 0 Å². The Morgan fingerprint density at radius 3 is 2.67 bits per heavy atom. The lowest BCUT2D eigenvalue weighted by Crippen LogP contribution is -2.09. The van der Waals surface area contributed by atoms with E-state index in [9.17, 15) is 9.18 Å². The van der Waals surface area contributed by atoms with Crippen molar-refractivity contribution >= 4 is 27.6 Å². The summed E-state index contributed by atoms with van der Waals surface area (Å²) in [6.45, 7) is 0.495. The minimum absolute atomic E-state index is 0.221. The fourth-order valence-corrected chi connectivity index (χ4v) is 2.34. The van der Waals surface area contributed by atoms with E-state index < -0.39 is 0 Å². The number of anilines is 1. The van der Waals surface area contributed by atoms with Gasteiger partial charge in [-0.05, 0) is 45.3 Å². The molecule has 0 aliphatic heterocycles. The molecule has 0 saturated heterocycles. The minimum atomic E-state index is -0.302. The Bertz CT molecular complexity index is 646. The summed E-state index contributed by atoms with van der Waals surface area (Å²) >= 11 is 3.37. The van der Waals surface area contributed by atoms with E-state index in [1.807, 2.05) is 24.3 Å². The topological polar surface area (TPSA) is 38.3 Å². The SMILES string of the molecule is COC(=O)Cc1ccccc1CNc1cc(F)ccc1Br. The Morgan fingerprint density at radius 1 is 1.24 bits per heavy atom. The average Bonchev–Trinajstić information content (AvgIpc) is 2.49. The van der Waals surface area contributed by atoms with Crippen LogP contribution in [0.3, 0.4) is 0 Å². The minimum Gasteiger partial charge on any atom is -0.469 e. The second-order valence-electron chi connectivity index (χ2n) is 4.50. The molecule has 0 aliphatic carbocycles. The summed E-state index contributed by atoms with van der Waals surface area (Å²) in [6.07, 6.45) is 0.221. The maximum absolute atomic E-state index is 13.2. The smallest absolute Gasteiger partial charge is 0.309 e. The zero-order valence-electron chi connectivity index (χ0n) is 11.5. The molecule has 2 aromatic carbocycles. The molecular formula is C16H15BrFNO2. The van der Waals surface area contributed by atoms with Gasteiger partial charge in [0.2, 0.25) is 0 Å². The number of hydrogen-bond acceptors (Lipinski definition) is 3. The van der Waals surface area contributed by atoms with Gasteiger partial charge in [0.25, 0.3) is 0 Å². The lowest BCUT2D eigenvalue weighted by atomic mass is 10.0. The van der Waals surface area contributed by atoms with Crippen molar-refractivity contribution < 1.29 is 13.9 Å². The number of rotatable bonds is 5. The molecule has 0 fully saturated rings. The normalized spacial score (nSPS) is 10.2. The molecule has 0 heterocycles. The molecule has 2 aromatic rings. The maximum Gasteiger partial charge on any atom is 0.309 e. The molecular weight excluding hydrogens is 337 g/mol. The molecule has 110 valence electrons. The molecule has 0 bridgehead atoms. The highest BCUT2D eigenvalue weighted by Crippen LogP contribution is 2.24. The van der Waals surface area contributed by atoms with Crippen LogP contribution in [0, 0.1) is 5.82 Å². The average molecular weight is 352 g/mol. The summed E-state index contributed by atoms with van der Waals surface area (Å²) in [6, 6.07) is 12.1. The predicted molar refractivity (Wildman–Crippen MR) is 83.6 cm³/mol. The van der Waals surface area contributed by atoms with Crippen LogP contribution < -0.4 is 5.32 Å². The Hall–Kier alpha value is -1.88. The van der Waals surface area contributed by atoms with Crippen molar-refractivity contribution in [1.82, 2.24) is 0 Å². The maximum atomic E-state index is 13.2. The van der Waals surface area contributed by atoms with Crippen LogP contribution in [-0.4, -0.2) is 13.1 Å².